The quantitative estimate of drug-likeness (QED) is 0.143. The van der Waals surface area contributed by atoms with Crippen molar-refractivity contribution in [1.82, 2.24) is 10.2 Å². The second-order valence-corrected chi connectivity index (χ2v) is 8.89. The predicted molar refractivity (Wildman–Crippen MR) is 139 cm³/mol. The molecule has 1 saturated carbocycles. The van der Waals surface area contributed by atoms with Crippen molar-refractivity contribution < 1.29 is 14.3 Å². The van der Waals surface area contributed by atoms with Gasteiger partial charge in [0.15, 0.2) is 0 Å². The van der Waals surface area contributed by atoms with Gasteiger partial charge in [-0.3, -0.25) is 5.10 Å². The van der Waals surface area contributed by atoms with Crippen molar-refractivity contribution in [1.29, 1.82) is 0 Å². The minimum atomic E-state index is -0.479. The Balaban J connectivity index is 1.83. The molecule has 35 heavy (non-hydrogen) atoms. The molecule has 3 aromatic carbocycles. The molecule has 0 radical (unpaired) electrons. The number of aromatic amines is 1. The zero-order chi connectivity index (χ0) is 24.4. The molecule has 4 aromatic rings. The van der Waals surface area contributed by atoms with Gasteiger partial charge in [-0.15, -0.1) is 0 Å². The van der Waals surface area contributed by atoms with Crippen molar-refractivity contribution in [3.05, 3.63) is 102 Å². The first-order valence-corrected chi connectivity index (χ1v) is 11.9. The van der Waals surface area contributed by atoms with E-state index in [1.165, 1.54) is 23.6 Å². The Kier molecular flexibility index (Phi) is 6.23. The fourth-order valence-corrected chi connectivity index (χ4v) is 4.79. The molecule has 176 valence electrons. The number of hydrogen-bond acceptors (Lipinski definition) is 4. The highest BCUT2D eigenvalue weighted by atomic mass is 16.5. The molecule has 1 aliphatic carbocycles. The van der Waals surface area contributed by atoms with Gasteiger partial charge in [-0.2, -0.15) is 5.10 Å². The molecule has 1 N–H and O–H groups in total. The van der Waals surface area contributed by atoms with Gasteiger partial charge >= 0.3 is 5.97 Å². The minimum Gasteiger partial charge on any atom is -0.497 e. The average molecular weight is 465 g/mol. The van der Waals surface area contributed by atoms with Gasteiger partial charge in [0, 0.05) is 17.0 Å². The van der Waals surface area contributed by atoms with Gasteiger partial charge in [-0.25, -0.2) is 4.79 Å². The van der Waals surface area contributed by atoms with E-state index in [4.69, 9.17) is 9.47 Å². The van der Waals surface area contributed by atoms with E-state index < -0.39 is 5.97 Å². The molecule has 5 nitrogen and oxygen atoms in total. The topological polar surface area (TPSA) is 64.2 Å². The van der Waals surface area contributed by atoms with Gasteiger partial charge in [0.25, 0.3) is 0 Å². The number of methoxy groups -OCH3 is 1. The van der Waals surface area contributed by atoms with Gasteiger partial charge in [0.05, 0.1) is 18.8 Å². The molecular formula is C30H28N2O3. The first-order chi connectivity index (χ1) is 17.1. The number of allylic oxidation sites excluding steroid dienone is 1. The lowest BCUT2D eigenvalue weighted by Crippen LogP contribution is -2.16. The lowest BCUT2D eigenvalue weighted by molar-refractivity contribution is -0.128. The molecule has 5 rings (SSSR count). The second kappa shape index (κ2) is 9.63. The van der Waals surface area contributed by atoms with Crippen LogP contribution in [0, 0.1) is 12.8 Å². The third-order valence-corrected chi connectivity index (χ3v) is 6.77. The Hall–Kier alpha value is -4.12. The van der Waals surface area contributed by atoms with Crippen molar-refractivity contribution in [2.24, 2.45) is 5.92 Å². The summed E-state index contributed by atoms with van der Waals surface area (Å²) in [5.74, 6) is 1.27. The van der Waals surface area contributed by atoms with E-state index >= 15 is 0 Å². The van der Waals surface area contributed by atoms with Crippen LogP contribution in [0.25, 0.3) is 22.0 Å². The zero-order valence-corrected chi connectivity index (χ0v) is 20.0. The Morgan fingerprint density at radius 1 is 1.09 bits per heavy atom. The molecule has 0 amide bonds. The number of benzene rings is 3. The second-order valence-electron chi connectivity index (χ2n) is 8.89. The van der Waals surface area contributed by atoms with Crippen LogP contribution in [-0.2, 0) is 4.79 Å². The molecule has 0 atom stereocenters. The van der Waals surface area contributed by atoms with E-state index in [1.54, 1.807) is 7.11 Å². The monoisotopic (exact) mass is 464 g/mol. The van der Waals surface area contributed by atoms with Crippen LogP contribution in [0.1, 0.15) is 41.5 Å². The molecule has 0 saturated heterocycles. The molecule has 0 bridgehead atoms. The third-order valence-electron chi connectivity index (χ3n) is 6.77. The number of esters is 1. The number of aryl methyl sites for hydroxylation is 1. The van der Waals surface area contributed by atoms with E-state index in [1.807, 2.05) is 36.5 Å². The number of nitrogens with zero attached hydrogens (tertiary/aromatic N) is 1. The standard InChI is InChI=1S/C30H28N2O3/c1-4-28(33)35-27-11-6-5-10-25(27)30(21-12-15-26-22(17-21)18-31-32-26)29(20-8-7-9-20)24-14-13-23(34-3)16-19(24)2/h4-6,10-18,20H,1,7-9H2,2-3H3,(H,31,32)/b30-29-. The van der Waals surface area contributed by atoms with Crippen molar-refractivity contribution >= 4 is 28.0 Å². The smallest absolute Gasteiger partial charge is 0.335 e. The molecule has 1 aliphatic rings. The van der Waals surface area contributed by atoms with Crippen molar-refractivity contribution in [2.45, 2.75) is 26.2 Å². The summed E-state index contributed by atoms with van der Waals surface area (Å²) in [4.78, 5) is 12.2. The Bertz CT molecular complexity index is 1440. The number of ether oxygens (including phenoxy) is 2. The van der Waals surface area contributed by atoms with Crippen molar-refractivity contribution in [2.75, 3.05) is 7.11 Å². The molecule has 0 unspecified atom stereocenters. The van der Waals surface area contributed by atoms with E-state index in [0.29, 0.717) is 11.7 Å². The number of aromatic nitrogens is 2. The Labute approximate surface area is 205 Å². The molecule has 0 spiro atoms. The molecule has 0 aliphatic heterocycles. The van der Waals surface area contributed by atoms with Crippen LogP contribution in [0.5, 0.6) is 11.5 Å². The van der Waals surface area contributed by atoms with Gasteiger partial charge in [0.2, 0.25) is 0 Å². The number of hydrogen-bond donors (Lipinski definition) is 1. The Morgan fingerprint density at radius 3 is 2.63 bits per heavy atom. The van der Waals surface area contributed by atoms with Crippen LogP contribution < -0.4 is 9.47 Å². The largest absolute Gasteiger partial charge is 0.497 e. The van der Waals surface area contributed by atoms with Crippen LogP contribution in [0.15, 0.2) is 79.5 Å². The zero-order valence-electron chi connectivity index (χ0n) is 20.0. The van der Waals surface area contributed by atoms with E-state index in [-0.39, 0.29) is 0 Å². The molecule has 1 fully saturated rings. The first-order valence-electron chi connectivity index (χ1n) is 11.9. The normalized spacial score (nSPS) is 14.2. The van der Waals surface area contributed by atoms with E-state index in [2.05, 4.69) is 54.0 Å². The van der Waals surface area contributed by atoms with Crippen LogP contribution in [-0.4, -0.2) is 23.3 Å². The van der Waals surface area contributed by atoms with Crippen molar-refractivity contribution in [3.63, 3.8) is 0 Å². The average Bonchev–Trinajstić information content (AvgIpc) is 3.31. The lowest BCUT2D eigenvalue weighted by Gasteiger charge is -2.32. The maximum atomic E-state index is 12.2. The molecule has 1 aromatic heterocycles. The minimum absolute atomic E-state index is 0.403. The van der Waals surface area contributed by atoms with Crippen molar-refractivity contribution in [3.8, 4) is 11.5 Å². The molecule has 1 heterocycles. The fraction of sp³-hybridized carbons (Fsp3) is 0.200. The van der Waals surface area contributed by atoms with Gasteiger partial charge in [-0.1, -0.05) is 43.3 Å². The highest BCUT2D eigenvalue weighted by Gasteiger charge is 2.29. The van der Waals surface area contributed by atoms with E-state index in [0.717, 1.165) is 51.8 Å². The summed E-state index contributed by atoms with van der Waals surface area (Å²) in [6.07, 6.45) is 6.46. The first kappa shape index (κ1) is 22.7. The maximum Gasteiger partial charge on any atom is 0.335 e. The Morgan fingerprint density at radius 2 is 1.91 bits per heavy atom. The van der Waals surface area contributed by atoms with Crippen LogP contribution in [0.2, 0.25) is 0 Å². The molecule has 5 heteroatoms. The number of carbonyl (C=O) groups excluding carboxylic acids is 1. The van der Waals surface area contributed by atoms with Gasteiger partial charge < -0.3 is 9.47 Å². The summed E-state index contributed by atoms with van der Waals surface area (Å²) in [5.41, 5.74) is 7.57. The maximum absolute atomic E-state index is 12.2. The summed E-state index contributed by atoms with van der Waals surface area (Å²) in [7, 11) is 1.69. The summed E-state index contributed by atoms with van der Waals surface area (Å²) < 4.78 is 11.2. The van der Waals surface area contributed by atoms with Crippen LogP contribution in [0.3, 0.4) is 0 Å². The number of carbonyl (C=O) groups is 1. The lowest BCUT2D eigenvalue weighted by atomic mass is 9.72. The molecular weight excluding hydrogens is 436 g/mol. The summed E-state index contributed by atoms with van der Waals surface area (Å²) in [5, 5.41) is 8.27. The van der Waals surface area contributed by atoms with Crippen LogP contribution in [0.4, 0.5) is 0 Å². The highest BCUT2D eigenvalue weighted by Crippen LogP contribution is 2.47. The number of rotatable bonds is 7. The third kappa shape index (κ3) is 4.37. The van der Waals surface area contributed by atoms with Gasteiger partial charge in [0.1, 0.15) is 11.5 Å². The summed E-state index contributed by atoms with van der Waals surface area (Å²) in [6.45, 7) is 5.69. The number of H-pyrrole nitrogens is 1. The summed E-state index contributed by atoms with van der Waals surface area (Å²) >= 11 is 0. The number of fused-ring (bicyclic) bond motifs is 1. The SMILES string of the molecule is C=CC(=O)Oc1ccccc1/C(=C(\c1ccc(OC)cc1C)C1CCC1)c1ccc2[nH]ncc2c1. The van der Waals surface area contributed by atoms with Gasteiger partial charge in [-0.05, 0) is 83.9 Å². The summed E-state index contributed by atoms with van der Waals surface area (Å²) in [6, 6.07) is 20.3. The predicted octanol–water partition coefficient (Wildman–Crippen LogP) is 6.73. The number of para-hydroxylation sites is 1. The van der Waals surface area contributed by atoms with Crippen LogP contribution >= 0.6 is 0 Å². The number of nitrogens with one attached hydrogen (secondary N) is 1. The fourth-order valence-electron chi connectivity index (χ4n) is 4.79. The van der Waals surface area contributed by atoms with E-state index in [9.17, 15) is 4.79 Å². The highest BCUT2D eigenvalue weighted by molar-refractivity contribution is 6.03.